The van der Waals surface area contributed by atoms with E-state index in [-0.39, 0.29) is 5.92 Å². The Morgan fingerprint density at radius 2 is 1.93 bits per heavy atom. The lowest BCUT2D eigenvalue weighted by atomic mass is 10.1. The minimum atomic E-state index is -3.49. The Labute approximate surface area is 103 Å². The molecule has 6 heteroatoms. The molecule has 0 saturated heterocycles. The molecule has 0 aromatic heterocycles. The van der Waals surface area contributed by atoms with Crippen LogP contribution in [0, 0.1) is 0 Å². The number of rotatable bonds is 2. The zero-order valence-electron chi connectivity index (χ0n) is 7.45. The van der Waals surface area contributed by atoms with E-state index >= 15 is 0 Å². The van der Waals surface area contributed by atoms with Crippen molar-refractivity contribution in [1.29, 1.82) is 0 Å². The summed E-state index contributed by atoms with van der Waals surface area (Å²) in [6.45, 7) is 0. The van der Waals surface area contributed by atoms with E-state index in [0.29, 0.717) is 16.5 Å². The van der Waals surface area contributed by atoms with Crippen molar-refractivity contribution in [2.45, 2.75) is 17.6 Å². The molecule has 15 heavy (non-hydrogen) atoms. The highest BCUT2D eigenvalue weighted by Crippen LogP contribution is 2.50. The molecule has 0 amide bonds. The molecular weight excluding hydrogens is 279 g/mol. The van der Waals surface area contributed by atoms with Crippen LogP contribution >= 0.6 is 33.9 Å². The summed E-state index contributed by atoms with van der Waals surface area (Å²) in [6.07, 6.45) is 0.520. The standard InChI is InChI=1S/C9H7Cl3O2S/c10-7-3-1-2-5(9(7)11)6-4-8(6)15(12,13)14/h1-3,6,8H,4H2. The van der Waals surface area contributed by atoms with Gasteiger partial charge in [-0.25, -0.2) is 8.42 Å². The van der Waals surface area contributed by atoms with Crippen molar-refractivity contribution in [2.75, 3.05) is 0 Å². The molecule has 0 aliphatic heterocycles. The van der Waals surface area contributed by atoms with Gasteiger partial charge in [-0.3, -0.25) is 0 Å². The van der Waals surface area contributed by atoms with Crippen molar-refractivity contribution in [3.63, 3.8) is 0 Å². The average Bonchev–Trinajstić information content (AvgIpc) is 2.88. The van der Waals surface area contributed by atoms with Crippen LogP contribution in [0.15, 0.2) is 18.2 Å². The Morgan fingerprint density at radius 1 is 1.27 bits per heavy atom. The fraction of sp³-hybridized carbons (Fsp3) is 0.333. The minimum Gasteiger partial charge on any atom is -0.212 e. The second kappa shape index (κ2) is 3.81. The molecular formula is C9H7Cl3O2S. The fourth-order valence-corrected chi connectivity index (χ4v) is 3.63. The molecule has 1 aromatic rings. The second-order valence-electron chi connectivity index (χ2n) is 3.50. The van der Waals surface area contributed by atoms with Gasteiger partial charge in [-0.15, -0.1) is 0 Å². The third kappa shape index (κ3) is 2.26. The van der Waals surface area contributed by atoms with Gasteiger partial charge >= 0.3 is 0 Å². The Morgan fingerprint density at radius 3 is 2.47 bits per heavy atom. The highest BCUT2D eigenvalue weighted by Gasteiger charge is 2.48. The molecule has 2 nitrogen and oxygen atoms in total. The van der Waals surface area contributed by atoms with Crippen LogP contribution in [0.4, 0.5) is 0 Å². The van der Waals surface area contributed by atoms with Crippen LogP contribution in [0.1, 0.15) is 17.9 Å². The number of benzene rings is 1. The summed E-state index contributed by atoms with van der Waals surface area (Å²) in [5.74, 6) is -0.112. The maximum atomic E-state index is 11.1. The molecule has 1 aromatic carbocycles. The van der Waals surface area contributed by atoms with Crippen molar-refractivity contribution >= 4 is 42.9 Å². The first-order chi connectivity index (χ1) is 6.91. The summed E-state index contributed by atoms with van der Waals surface area (Å²) in [7, 11) is 1.78. The Balaban J connectivity index is 2.32. The molecule has 1 aliphatic rings. The molecule has 0 radical (unpaired) electrons. The summed E-state index contributed by atoms with van der Waals surface area (Å²) in [5.41, 5.74) is 0.762. The number of halogens is 3. The predicted molar refractivity (Wildman–Crippen MR) is 62.4 cm³/mol. The molecule has 82 valence electrons. The summed E-state index contributed by atoms with van der Waals surface area (Å²) in [4.78, 5) is 0. The van der Waals surface area contributed by atoms with Gasteiger partial charge in [0.25, 0.3) is 0 Å². The van der Waals surface area contributed by atoms with Gasteiger partial charge in [0.1, 0.15) is 0 Å². The molecule has 2 rings (SSSR count). The van der Waals surface area contributed by atoms with E-state index in [4.69, 9.17) is 33.9 Å². The zero-order chi connectivity index (χ0) is 11.2. The Kier molecular flexibility index (Phi) is 2.93. The highest BCUT2D eigenvalue weighted by molar-refractivity contribution is 8.14. The van der Waals surface area contributed by atoms with E-state index in [1.165, 1.54) is 0 Å². The number of hydrogen-bond donors (Lipinski definition) is 0. The van der Waals surface area contributed by atoms with E-state index < -0.39 is 14.3 Å². The van der Waals surface area contributed by atoms with Crippen molar-refractivity contribution in [1.82, 2.24) is 0 Å². The van der Waals surface area contributed by atoms with Crippen LogP contribution in [-0.4, -0.2) is 13.7 Å². The van der Waals surface area contributed by atoms with Crippen LogP contribution in [0.5, 0.6) is 0 Å². The average molecular weight is 286 g/mol. The van der Waals surface area contributed by atoms with Crippen LogP contribution in [0.2, 0.25) is 10.0 Å². The lowest BCUT2D eigenvalue weighted by Gasteiger charge is -2.03. The van der Waals surface area contributed by atoms with Crippen molar-refractivity contribution in [3.05, 3.63) is 33.8 Å². The van der Waals surface area contributed by atoms with Gasteiger partial charge < -0.3 is 0 Å². The molecule has 0 heterocycles. The molecule has 2 unspecified atom stereocenters. The topological polar surface area (TPSA) is 34.1 Å². The number of hydrogen-bond acceptors (Lipinski definition) is 2. The zero-order valence-corrected chi connectivity index (χ0v) is 10.5. The van der Waals surface area contributed by atoms with Gasteiger partial charge in [0.05, 0.1) is 15.3 Å². The smallest absolute Gasteiger partial charge is 0.212 e. The fourth-order valence-electron chi connectivity index (χ4n) is 1.62. The van der Waals surface area contributed by atoms with Crippen LogP contribution in [0.3, 0.4) is 0 Å². The Hall–Kier alpha value is 0.0400. The second-order valence-corrected chi connectivity index (χ2v) is 7.13. The third-order valence-electron chi connectivity index (χ3n) is 2.47. The lowest BCUT2D eigenvalue weighted by Crippen LogP contribution is -1.99. The first-order valence-electron chi connectivity index (χ1n) is 4.28. The maximum absolute atomic E-state index is 11.1. The van der Waals surface area contributed by atoms with E-state index in [9.17, 15) is 8.42 Å². The van der Waals surface area contributed by atoms with Gasteiger partial charge in [0.2, 0.25) is 9.05 Å². The first-order valence-corrected chi connectivity index (χ1v) is 7.41. The molecule has 1 saturated carbocycles. The van der Waals surface area contributed by atoms with Crippen molar-refractivity contribution in [2.24, 2.45) is 0 Å². The van der Waals surface area contributed by atoms with E-state index in [2.05, 4.69) is 0 Å². The van der Waals surface area contributed by atoms with Gasteiger partial charge in [-0.1, -0.05) is 35.3 Å². The van der Waals surface area contributed by atoms with E-state index in [1.807, 2.05) is 0 Å². The van der Waals surface area contributed by atoms with Crippen molar-refractivity contribution < 1.29 is 8.42 Å². The molecule has 0 spiro atoms. The first kappa shape index (κ1) is 11.5. The quantitative estimate of drug-likeness (QED) is 0.780. The predicted octanol–water partition coefficient (Wildman–Crippen LogP) is 3.42. The van der Waals surface area contributed by atoms with Gasteiger partial charge in [0.15, 0.2) is 0 Å². The van der Waals surface area contributed by atoms with Crippen molar-refractivity contribution in [3.8, 4) is 0 Å². The third-order valence-corrected chi connectivity index (χ3v) is 5.24. The summed E-state index contributed by atoms with van der Waals surface area (Å²) in [6, 6.07) is 5.20. The van der Waals surface area contributed by atoms with Crippen LogP contribution in [-0.2, 0) is 9.05 Å². The van der Waals surface area contributed by atoms with Gasteiger partial charge in [0, 0.05) is 16.6 Å². The molecule has 1 fully saturated rings. The molecule has 0 bridgehead atoms. The molecule has 0 N–H and O–H groups in total. The monoisotopic (exact) mass is 284 g/mol. The normalized spacial score (nSPS) is 25.3. The largest absolute Gasteiger partial charge is 0.236 e. The molecule has 1 aliphatic carbocycles. The Bertz CT molecular complexity index is 498. The van der Waals surface area contributed by atoms with E-state index in [0.717, 1.165) is 5.56 Å². The van der Waals surface area contributed by atoms with E-state index in [1.54, 1.807) is 18.2 Å². The minimum absolute atomic E-state index is 0.112. The lowest BCUT2D eigenvalue weighted by molar-refractivity contribution is 0.607. The highest BCUT2D eigenvalue weighted by atomic mass is 35.7. The van der Waals surface area contributed by atoms with Crippen LogP contribution in [0.25, 0.3) is 0 Å². The maximum Gasteiger partial charge on any atom is 0.236 e. The summed E-state index contributed by atoms with van der Waals surface area (Å²) < 4.78 is 22.1. The SMILES string of the molecule is O=S(=O)(Cl)C1CC1c1cccc(Cl)c1Cl. The van der Waals surface area contributed by atoms with Gasteiger partial charge in [-0.05, 0) is 18.1 Å². The summed E-state index contributed by atoms with van der Waals surface area (Å²) >= 11 is 11.8. The molecule has 2 atom stereocenters. The van der Waals surface area contributed by atoms with Crippen LogP contribution < -0.4 is 0 Å². The summed E-state index contributed by atoms with van der Waals surface area (Å²) in [5, 5.41) is 0.342. The van der Waals surface area contributed by atoms with Gasteiger partial charge in [-0.2, -0.15) is 0 Å².